The van der Waals surface area contributed by atoms with Crippen LogP contribution in [0, 0.1) is 0 Å². The second-order valence-corrected chi connectivity index (χ2v) is 8.15. The van der Waals surface area contributed by atoms with E-state index in [0.29, 0.717) is 9.37 Å². The summed E-state index contributed by atoms with van der Waals surface area (Å²) >= 11 is 4.76. The second kappa shape index (κ2) is 5.05. The van der Waals surface area contributed by atoms with E-state index in [0.717, 1.165) is 18.4 Å². The zero-order chi connectivity index (χ0) is 14.3. The smallest absolute Gasteiger partial charge is 0.224 e. The third-order valence-electron chi connectivity index (χ3n) is 3.13. The Hall–Kier alpha value is -0.620. The highest BCUT2D eigenvalue weighted by Crippen LogP contribution is 2.51. The van der Waals surface area contributed by atoms with E-state index in [1.807, 2.05) is 12.3 Å². The highest BCUT2D eigenvalue weighted by Gasteiger charge is 2.45. The lowest BCUT2D eigenvalue weighted by Crippen LogP contribution is -2.07. The highest BCUT2D eigenvalue weighted by molar-refractivity contribution is 9.10. The van der Waals surface area contributed by atoms with E-state index in [9.17, 15) is 13.2 Å². The van der Waals surface area contributed by atoms with Crippen molar-refractivity contribution in [3.63, 3.8) is 0 Å². The van der Waals surface area contributed by atoms with Gasteiger partial charge in [0.1, 0.15) is 0 Å². The van der Waals surface area contributed by atoms with E-state index in [4.69, 9.17) is 0 Å². The van der Waals surface area contributed by atoms with Gasteiger partial charge in [0.05, 0.1) is 10.4 Å². The minimum atomic E-state index is -3.33. The van der Waals surface area contributed by atoms with Crippen molar-refractivity contribution < 1.29 is 13.2 Å². The summed E-state index contributed by atoms with van der Waals surface area (Å²) in [5.74, 6) is 0. The lowest BCUT2D eigenvalue weighted by Gasteiger charge is -2.14. The molecule has 0 aromatic heterocycles. The van der Waals surface area contributed by atoms with E-state index in [2.05, 4.69) is 20.9 Å². The molecule has 0 spiro atoms. The molecule has 0 unspecified atom stereocenters. The molecule has 7 heteroatoms. The average Bonchev–Trinajstić information content (AvgIpc) is 3.08. The number of carbonyl (C=O) groups excluding carboxylic acids is 1. The number of thioether (sulfide) groups is 1. The molecule has 1 fully saturated rings. The Labute approximate surface area is 124 Å². The van der Waals surface area contributed by atoms with Crippen LogP contribution >= 0.6 is 27.7 Å². The topological polar surface area (TPSA) is 63.6 Å². The van der Waals surface area contributed by atoms with Crippen LogP contribution in [-0.2, 0) is 20.2 Å². The number of hydrogen-bond acceptors (Lipinski definition) is 5. The molecule has 1 aliphatic rings. The van der Waals surface area contributed by atoms with Crippen LogP contribution in [0.5, 0.6) is 0 Å². The van der Waals surface area contributed by atoms with Gasteiger partial charge in [-0.05, 0) is 52.7 Å². The highest BCUT2D eigenvalue weighted by atomic mass is 79.9. The van der Waals surface area contributed by atoms with Crippen LogP contribution < -0.4 is 0 Å². The first-order valence-electron chi connectivity index (χ1n) is 5.51. The summed E-state index contributed by atoms with van der Waals surface area (Å²) in [7, 11) is -3.33. The second-order valence-electron chi connectivity index (χ2n) is 4.50. The fourth-order valence-electron chi connectivity index (χ4n) is 1.98. The van der Waals surface area contributed by atoms with E-state index >= 15 is 0 Å². The van der Waals surface area contributed by atoms with Gasteiger partial charge in [0.25, 0.3) is 0 Å². The van der Waals surface area contributed by atoms with Crippen LogP contribution in [0.4, 0.5) is 0 Å². The summed E-state index contributed by atoms with van der Waals surface area (Å²) in [4.78, 5) is 15.3. The number of halogens is 1. The predicted molar refractivity (Wildman–Crippen MR) is 78.1 cm³/mol. The maximum atomic E-state index is 11.9. The average molecular weight is 362 g/mol. The van der Waals surface area contributed by atoms with Crippen molar-refractivity contribution >= 4 is 43.6 Å². The van der Waals surface area contributed by atoms with Gasteiger partial charge in [-0.3, -0.25) is 0 Å². The minimum absolute atomic E-state index is 0.275. The third-order valence-corrected chi connectivity index (χ3v) is 6.12. The Morgan fingerprint density at radius 1 is 1.42 bits per heavy atom. The maximum absolute atomic E-state index is 11.9. The number of aliphatic imine (C=N–C) groups is 1. The predicted octanol–water partition coefficient (Wildman–Crippen LogP) is 2.90. The molecule has 1 aromatic rings. The number of sulfone groups is 1. The summed E-state index contributed by atoms with van der Waals surface area (Å²) in [5, 5.41) is 0. The molecule has 2 rings (SSSR count). The first-order valence-corrected chi connectivity index (χ1v) is 9.42. The molecule has 0 aliphatic heterocycles. The molecule has 0 saturated heterocycles. The molecule has 0 bridgehead atoms. The molecule has 0 amide bonds. The number of hydrogen-bond donors (Lipinski definition) is 0. The van der Waals surface area contributed by atoms with Gasteiger partial charge >= 0.3 is 0 Å². The largest absolute Gasteiger partial charge is 0.235 e. The number of rotatable bonds is 4. The lowest BCUT2D eigenvalue weighted by atomic mass is 10.1. The van der Waals surface area contributed by atoms with Crippen molar-refractivity contribution in [1.29, 1.82) is 0 Å². The molecule has 0 heterocycles. The first-order chi connectivity index (χ1) is 8.84. The van der Waals surface area contributed by atoms with Crippen LogP contribution in [0.2, 0.25) is 0 Å². The summed E-state index contributed by atoms with van der Waals surface area (Å²) in [6.45, 7) is 0. The van der Waals surface area contributed by atoms with Crippen molar-refractivity contribution in [1.82, 2.24) is 0 Å². The van der Waals surface area contributed by atoms with Gasteiger partial charge in [0.15, 0.2) is 9.84 Å². The maximum Gasteiger partial charge on any atom is 0.235 e. The normalized spacial score (nSPS) is 16.8. The minimum Gasteiger partial charge on any atom is -0.224 e. The molecule has 1 aliphatic carbocycles. The monoisotopic (exact) mass is 361 g/mol. The fraction of sp³-hybridized carbons (Fsp3) is 0.417. The van der Waals surface area contributed by atoms with Gasteiger partial charge in [0, 0.05) is 15.6 Å². The first kappa shape index (κ1) is 14.8. The SMILES string of the molecule is CSc1c(Br)cc(C2(N=C=O)CC2)cc1S(C)(=O)=O. The van der Waals surface area contributed by atoms with Crippen molar-refractivity contribution in [2.24, 2.45) is 4.99 Å². The third kappa shape index (κ3) is 2.79. The van der Waals surface area contributed by atoms with Gasteiger partial charge in [-0.15, -0.1) is 11.8 Å². The molecule has 19 heavy (non-hydrogen) atoms. The molecule has 4 nitrogen and oxygen atoms in total. The van der Waals surface area contributed by atoms with Crippen LogP contribution in [0.3, 0.4) is 0 Å². The quantitative estimate of drug-likeness (QED) is 0.469. The zero-order valence-corrected chi connectivity index (χ0v) is 13.7. The van der Waals surface area contributed by atoms with E-state index in [1.54, 1.807) is 12.1 Å². The lowest BCUT2D eigenvalue weighted by molar-refractivity contribution is 0.556. The summed E-state index contributed by atoms with van der Waals surface area (Å²) in [6, 6.07) is 3.47. The van der Waals surface area contributed by atoms with Crippen molar-refractivity contribution in [2.75, 3.05) is 12.5 Å². The standard InChI is InChI=1S/C12H12BrNO3S2/c1-18-11-9(13)5-8(6-10(11)19(2,16)17)12(3-4-12)14-7-15/h5-6H,3-4H2,1-2H3. The van der Waals surface area contributed by atoms with Gasteiger partial charge in [0.2, 0.25) is 6.08 Å². The Bertz CT molecular complexity index is 674. The zero-order valence-electron chi connectivity index (χ0n) is 10.4. The van der Waals surface area contributed by atoms with Crippen molar-refractivity contribution in [3.05, 3.63) is 22.2 Å². The van der Waals surface area contributed by atoms with Crippen LogP contribution in [0.15, 0.2) is 31.4 Å². The summed E-state index contributed by atoms with van der Waals surface area (Å²) in [6.07, 6.45) is 6.08. The molecule has 1 saturated carbocycles. The number of benzene rings is 1. The van der Waals surface area contributed by atoms with Gasteiger partial charge < -0.3 is 0 Å². The fourth-order valence-corrected chi connectivity index (χ4v) is 5.06. The molecular formula is C12H12BrNO3S2. The van der Waals surface area contributed by atoms with E-state index in [-0.39, 0.29) is 4.90 Å². The van der Waals surface area contributed by atoms with Gasteiger partial charge in [-0.25, -0.2) is 13.2 Å². The number of nitrogens with zero attached hydrogens (tertiary/aromatic N) is 1. The molecule has 0 N–H and O–H groups in total. The van der Waals surface area contributed by atoms with Crippen LogP contribution in [0.1, 0.15) is 18.4 Å². The molecule has 1 aromatic carbocycles. The Balaban J connectivity index is 2.68. The molecule has 0 radical (unpaired) electrons. The van der Waals surface area contributed by atoms with Crippen LogP contribution in [0.25, 0.3) is 0 Å². The van der Waals surface area contributed by atoms with Gasteiger partial charge in [-0.1, -0.05) is 0 Å². The summed E-state index contributed by atoms with van der Waals surface area (Å²) < 4.78 is 24.5. The summed E-state index contributed by atoms with van der Waals surface area (Å²) in [5.41, 5.74) is 0.182. The van der Waals surface area contributed by atoms with E-state index in [1.165, 1.54) is 18.0 Å². The Kier molecular flexibility index (Phi) is 3.93. The van der Waals surface area contributed by atoms with Gasteiger partial charge in [-0.2, -0.15) is 4.99 Å². The van der Waals surface area contributed by atoms with Crippen LogP contribution in [-0.4, -0.2) is 27.0 Å². The molecular weight excluding hydrogens is 350 g/mol. The van der Waals surface area contributed by atoms with Crippen molar-refractivity contribution in [2.45, 2.75) is 28.2 Å². The Morgan fingerprint density at radius 3 is 2.47 bits per heavy atom. The van der Waals surface area contributed by atoms with E-state index < -0.39 is 15.4 Å². The molecule has 0 atom stereocenters. The Morgan fingerprint density at radius 2 is 2.05 bits per heavy atom. The van der Waals surface area contributed by atoms with Crippen molar-refractivity contribution in [3.8, 4) is 0 Å². The molecule has 102 valence electrons. The number of isocyanates is 1.